The normalized spacial score (nSPS) is 18.0. The van der Waals surface area contributed by atoms with Gasteiger partial charge in [0.25, 0.3) is 0 Å². The van der Waals surface area contributed by atoms with Gasteiger partial charge in [-0.2, -0.15) is 0 Å². The number of aliphatic hydroxyl groups is 1. The summed E-state index contributed by atoms with van der Waals surface area (Å²) in [4.78, 5) is 11.4. The number of benzene rings is 1. The molecular weight excluding hydrogens is 244 g/mol. The highest BCUT2D eigenvalue weighted by Crippen LogP contribution is 2.23. The van der Waals surface area contributed by atoms with Crippen LogP contribution in [-0.4, -0.2) is 36.2 Å². The average Bonchev–Trinajstić information content (AvgIpc) is 2.38. The van der Waals surface area contributed by atoms with Crippen LogP contribution in [0.3, 0.4) is 0 Å². The monoisotopic (exact) mass is 264 g/mol. The van der Waals surface area contributed by atoms with Gasteiger partial charge >= 0.3 is 0 Å². The van der Waals surface area contributed by atoms with Crippen LogP contribution in [-0.2, 0) is 4.74 Å². The third-order valence-electron chi connectivity index (χ3n) is 3.48. The molecule has 0 saturated carbocycles. The van der Waals surface area contributed by atoms with Gasteiger partial charge in [-0.15, -0.1) is 0 Å². The molecule has 0 aromatic heterocycles. The Labute approximate surface area is 112 Å². The summed E-state index contributed by atoms with van der Waals surface area (Å²) in [6.45, 7) is 3.09. The molecule has 0 amide bonds. The minimum atomic E-state index is -0.740. The molecule has 1 heterocycles. The Bertz CT molecular complexity index is 468. The van der Waals surface area contributed by atoms with Crippen LogP contribution in [0.1, 0.15) is 30.1 Å². The summed E-state index contributed by atoms with van der Waals surface area (Å²) >= 11 is 0. The molecule has 0 atom stereocenters. The Kier molecular flexibility index (Phi) is 4.07. The van der Waals surface area contributed by atoms with Crippen LogP contribution in [0.15, 0.2) is 18.2 Å². The highest BCUT2D eigenvalue weighted by atomic mass is 16.5. The van der Waals surface area contributed by atoms with E-state index in [0.717, 1.165) is 5.69 Å². The first-order valence-electron chi connectivity index (χ1n) is 6.45. The lowest BCUT2D eigenvalue weighted by Crippen LogP contribution is -2.42. The number of carbonyl (C=O) groups excluding carboxylic acids is 1. The molecule has 4 N–H and O–H groups in total. The Balaban J connectivity index is 2.03. The van der Waals surface area contributed by atoms with Crippen molar-refractivity contribution in [3.8, 4) is 0 Å². The number of hydrogen-bond donors (Lipinski definition) is 3. The Morgan fingerprint density at radius 1 is 1.47 bits per heavy atom. The van der Waals surface area contributed by atoms with E-state index in [4.69, 9.17) is 10.5 Å². The van der Waals surface area contributed by atoms with E-state index in [1.54, 1.807) is 12.1 Å². The quantitative estimate of drug-likeness (QED) is 0.566. The van der Waals surface area contributed by atoms with Crippen LogP contribution in [0.4, 0.5) is 11.4 Å². The van der Waals surface area contributed by atoms with E-state index in [0.29, 0.717) is 43.9 Å². The second kappa shape index (κ2) is 5.59. The summed E-state index contributed by atoms with van der Waals surface area (Å²) in [5.41, 5.74) is 6.77. The minimum Gasteiger partial charge on any atom is -0.398 e. The molecule has 1 aliphatic heterocycles. The molecule has 0 unspecified atom stereocenters. The Morgan fingerprint density at radius 2 is 2.16 bits per heavy atom. The summed E-state index contributed by atoms with van der Waals surface area (Å²) in [7, 11) is 0. The van der Waals surface area contributed by atoms with Gasteiger partial charge in [-0.1, -0.05) is 0 Å². The number of Topliss-reactive ketones (excluding diaryl/α,β-unsaturated/α-hetero) is 1. The first-order valence-corrected chi connectivity index (χ1v) is 6.45. The zero-order chi connectivity index (χ0) is 13.9. The number of ether oxygens (including phenoxy) is 1. The molecule has 1 aliphatic rings. The average molecular weight is 264 g/mol. The van der Waals surface area contributed by atoms with Crippen molar-refractivity contribution >= 4 is 17.2 Å². The maximum absolute atomic E-state index is 11.4. The van der Waals surface area contributed by atoms with Gasteiger partial charge in [0.1, 0.15) is 0 Å². The van der Waals surface area contributed by atoms with Crippen LogP contribution in [0, 0.1) is 0 Å². The van der Waals surface area contributed by atoms with E-state index < -0.39 is 5.60 Å². The van der Waals surface area contributed by atoms with E-state index in [1.165, 1.54) is 6.92 Å². The van der Waals surface area contributed by atoms with Crippen LogP contribution >= 0.6 is 0 Å². The molecule has 1 saturated heterocycles. The zero-order valence-electron chi connectivity index (χ0n) is 11.1. The maximum atomic E-state index is 11.4. The number of ketones is 1. The molecule has 0 aliphatic carbocycles. The molecule has 104 valence electrons. The smallest absolute Gasteiger partial charge is 0.161 e. The summed E-state index contributed by atoms with van der Waals surface area (Å²) in [5, 5.41) is 13.5. The van der Waals surface area contributed by atoms with Crippen molar-refractivity contribution in [3.05, 3.63) is 23.8 Å². The molecule has 5 heteroatoms. The summed E-state index contributed by atoms with van der Waals surface area (Å²) < 4.78 is 5.23. The number of hydrogen-bond acceptors (Lipinski definition) is 5. The summed E-state index contributed by atoms with van der Waals surface area (Å²) in [6, 6.07) is 5.23. The number of nitrogens with one attached hydrogen (secondary N) is 1. The van der Waals surface area contributed by atoms with Crippen LogP contribution in [0.5, 0.6) is 0 Å². The van der Waals surface area contributed by atoms with Gasteiger partial charge in [0.05, 0.1) is 5.60 Å². The van der Waals surface area contributed by atoms with Crippen LogP contribution < -0.4 is 11.1 Å². The largest absolute Gasteiger partial charge is 0.398 e. The standard InChI is InChI=1S/C14H20N2O3/c1-10(17)12-8-11(2-3-13(12)15)16-9-14(18)4-6-19-7-5-14/h2-3,8,16,18H,4-7,9,15H2,1H3. The third-order valence-corrected chi connectivity index (χ3v) is 3.48. The summed E-state index contributed by atoms with van der Waals surface area (Å²) in [6.07, 6.45) is 1.24. The number of carbonyl (C=O) groups is 1. The molecule has 1 aromatic carbocycles. The van der Waals surface area contributed by atoms with Crippen LogP contribution in [0.2, 0.25) is 0 Å². The van der Waals surface area contributed by atoms with E-state index in [2.05, 4.69) is 5.32 Å². The molecule has 5 nitrogen and oxygen atoms in total. The second-order valence-corrected chi connectivity index (χ2v) is 5.05. The number of anilines is 2. The first kappa shape index (κ1) is 13.8. The minimum absolute atomic E-state index is 0.0640. The van der Waals surface area contributed by atoms with E-state index in [-0.39, 0.29) is 5.78 Å². The molecular formula is C14H20N2O3. The predicted molar refractivity (Wildman–Crippen MR) is 74.4 cm³/mol. The van der Waals surface area contributed by atoms with Crippen molar-refractivity contribution in [3.63, 3.8) is 0 Å². The van der Waals surface area contributed by atoms with Gasteiger partial charge in [-0.25, -0.2) is 0 Å². The van der Waals surface area contributed by atoms with Crippen molar-refractivity contribution < 1.29 is 14.6 Å². The number of nitrogens with two attached hydrogens (primary N) is 1. The third kappa shape index (κ3) is 3.45. The Morgan fingerprint density at radius 3 is 2.79 bits per heavy atom. The number of nitrogen functional groups attached to an aromatic ring is 1. The molecule has 19 heavy (non-hydrogen) atoms. The van der Waals surface area contributed by atoms with E-state index in [1.807, 2.05) is 6.07 Å². The fourth-order valence-electron chi connectivity index (χ4n) is 2.17. The van der Waals surface area contributed by atoms with Crippen molar-refractivity contribution in [2.75, 3.05) is 30.8 Å². The van der Waals surface area contributed by atoms with Gasteiger partial charge in [-0.05, 0) is 25.1 Å². The van der Waals surface area contributed by atoms with Gasteiger partial charge in [-0.3, -0.25) is 4.79 Å². The first-order chi connectivity index (χ1) is 9.00. The number of rotatable bonds is 4. The molecule has 1 fully saturated rings. The van der Waals surface area contributed by atoms with Crippen LogP contribution in [0.25, 0.3) is 0 Å². The highest BCUT2D eigenvalue weighted by molar-refractivity contribution is 6.00. The topological polar surface area (TPSA) is 84.6 Å². The Hall–Kier alpha value is -1.59. The van der Waals surface area contributed by atoms with Crippen molar-refractivity contribution in [2.24, 2.45) is 0 Å². The van der Waals surface area contributed by atoms with Gasteiger partial charge in [0.15, 0.2) is 5.78 Å². The second-order valence-electron chi connectivity index (χ2n) is 5.05. The fraction of sp³-hybridized carbons (Fsp3) is 0.500. The lowest BCUT2D eigenvalue weighted by atomic mass is 9.94. The predicted octanol–water partition coefficient (Wildman–Crippen LogP) is 1.42. The molecule has 2 rings (SSSR count). The summed E-state index contributed by atoms with van der Waals surface area (Å²) in [5.74, 6) is -0.0640. The highest BCUT2D eigenvalue weighted by Gasteiger charge is 2.29. The maximum Gasteiger partial charge on any atom is 0.161 e. The van der Waals surface area contributed by atoms with Crippen molar-refractivity contribution in [2.45, 2.75) is 25.4 Å². The van der Waals surface area contributed by atoms with E-state index in [9.17, 15) is 9.90 Å². The SMILES string of the molecule is CC(=O)c1cc(NCC2(O)CCOCC2)ccc1N. The zero-order valence-corrected chi connectivity index (χ0v) is 11.1. The van der Waals surface area contributed by atoms with E-state index >= 15 is 0 Å². The van der Waals surface area contributed by atoms with Gasteiger partial charge < -0.3 is 20.9 Å². The van der Waals surface area contributed by atoms with Gasteiger partial charge in [0.2, 0.25) is 0 Å². The molecule has 0 bridgehead atoms. The van der Waals surface area contributed by atoms with Gasteiger partial charge in [0, 0.05) is 49.5 Å². The molecule has 0 spiro atoms. The lowest BCUT2D eigenvalue weighted by Gasteiger charge is -2.32. The lowest BCUT2D eigenvalue weighted by molar-refractivity contribution is -0.0543. The van der Waals surface area contributed by atoms with Crippen molar-refractivity contribution in [1.82, 2.24) is 0 Å². The molecule has 1 aromatic rings. The van der Waals surface area contributed by atoms with Crippen molar-refractivity contribution in [1.29, 1.82) is 0 Å². The molecule has 0 radical (unpaired) electrons. The fourth-order valence-corrected chi connectivity index (χ4v) is 2.17.